The van der Waals surface area contributed by atoms with Crippen LogP contribution in [-0.2, 0) is 0 Å². The average molecular weight is 429 g/mol. The molecular weight excluding hydrogens is 404 g/mol. The van der Waals surface area contributed by atoms with E-state index in [0.717, 1.165) is 34.9 Å². The van der Waals surface area contributed by atoms with E-state index in [-0.39, 0.29) is 11.8 Å². The van der Waals surface area contributed by atoms with Crippen LogP contribution < -0.4 is 4.90 Å². The van der Waals surface area contributed by atoms with E-state index >= 15 is 0 Å². The standard InChI is InChI=1S/C22H25ClN4OS/c1-13(2)19-24-20(18-14(3)15(4)29-21(18)25-19)26-9-11-27(12-10-26)22(28)16-5-7-17(23)8-6-16/h5-8,13H,9-12H2,1-4H3. The van der Waals surface area contributed by atoms with Gasteiger partial charge in [0.15, 0.2) is 0 Å². The first-order valence-corrected chi connectivity index (χ1v) is 11.1. The quantitative estimate of drug-likeness (QED) is 0.585. The maximum atomic E-state index is 12.8. The molecule has 0 bridgehead atoms. The number of hydrogen-bond acceptors (Lipinski definition) is 5. The molecule has 0 aliphatic carbocycles. The second-order valence-corrected chi connectivity index (χ2v) is 9.45. The van der Waals surface area contributed by atoms with Gasteiger partial charge in [0.25, 0.3) is 5.91 Å². The Morgan fingerprint density at radius 1 is 1.07 bits per heavy atom. The normalized spacial score (nSPS) is 14.8. The van der Waals surface area contributed by atoms with E-state index in [9.17, 15) is 4.79 Å². The van der Waals surface area contributed by atoms with E-state index < -0.39 is 0 Å². The van der Waals surface area contributed by atoms with Gasteiger partial charge in [-0.2, -0.15) is 0 Å². The third-order valence-electron chi connectivity index (χ3n) is 5.50. The zero-order valence-corrected chi connectivity index (χ0v) is 18.8. The predicted octanol–water partition coefficient (Wildman–Crippen LogP) is 5.05. The molecule has 29 heavy (non-hydrogen) atoms. The molecule has 152 valence electrons. The molecular formula is C22H25ClN4OS. The molecule has 5 nitrogen and oxygen atoms in total. The maximum Gasteiger partial charge on any atom is 0.253 e. The second-order valence-electron chi connectivity index (χ2n) is 7.81. The van der Waals surface area contributed by atoms with Gasteiger partial charge in [-0.25, -0.2) is 9.97 Å². The summed E-state index contributed by atoms with van der Waals surface area (Å²) in [6, 6.07) is 7.10. The molecule has 0 spiro atoms. The van der Waals surface area contributed by atoms with Crippen LogP contribution in [0.2, 0.25) is 5.02 Å². The lowest BCUT2D eigenvalue weighted by Gasteiger charge is -2.36. The number of thiophene rings is 1. The van der Waals surface area contributed by atoms with Gasteiger partial charge in [-0.3, -0.25) is 4.79 Å². The molecule has 1 saturated heterocycles. The number of carbonyl (C=O) groups is 1. The topological polar surface area (TPSA) is 49.3 Å². The van der Waals surface area contributed by atoms with Gasteiger partial charge in [-0.05, 0) is 43.7 Å². The van der Waals surface area contributed by atoms with E-state index in [2.05, 4.69) is 32.6 Å². The Bertz CT molecular complexity index is 1050. The third-order valence-corrected chi connectivity index (χ3v) is 6.85. The lowest BCUT2D eigenvalue weighted by Crippen LogP contribution is -2.49. The molecule has 0 saturated carbocycles. The monoisotopic (exact) mass is 428 g/mol. The van der Waals surface area contributed by atoms with Crippen molar-refractivity contribution in [2.24, 2.45) is 0 Å². The number of amides is 1. The molecule has 1 aromatic carbocycles. The number of aryl methyl sites for hydroxylation is 2. The fourth-order valence-electron chi connectivity index (χ4n) is 3.63. The van der Waals surface area contributed by atoms with Crippen LogP contribution in [0.1, 0.15) is 46.4 Å². The molecule has 3 heterocycles. The number of rotatable bonds is 3. The molecule has 4 rings (SSSR count). The molecule has 2 aromatic heterocycles. The summed E-state index contributed by atoms with van der Waals surface area (Å²) in [5.74, 6) is 2.22. The van der Waals surface area contributed by atoms with Gasteiger partial charge in [0, 0.05) is 47.6 Å². The summed E-state index contributed by atoms with van der Waals surface area (Å²) >= 11 is 7.68. The largest absolute Gasteiger partial charge is 0.352 e. The van der Waals surface area contributed by atoms with Gasteiger partial charge >= 0.3 is 0 Å². The van der Waals surface area contributed by atoms with E-state index in [1.54, 1.807) is 35.6 Å². The van der Waals surface area contributed by atoms with Crippen molar-refractivity contribution in [3.8, 4) is 0 Å². The first-order valence-electron chi connectivity index (χ1n) is 9.92. The van der Waals surface area contributed by atoms with Crippen molar-refractivity contribution in [3.05, 3.63) is 51.1 Å². The Labute approximate surface area is 180 Å². The van der Waals surface area contributed by atoms with Crippen LogP contribution in [0, 0.1) is 13.8 Å². The number of benzene rings is 1. The van der Waals surface area contributed by atoms with Crippen molar-refractivity contribution in [1.29, 1.82) is 0 Å². The number of hydrogen-bond donors (Lipinski definition) is 0. The summed E-state index contributed by atoms with van der Waals surface area (Å²) in [5, 5.41) is 1.80. The van der Waals surface area contributed by atoms with Crippen molar-refractivity contribution < 1.29 is 4.79 Å². The summed E-state index contributed by atoms with van der Waals surface area (Å²) in [6.07, 6.45) is 0. The highest BCUT2D eigenvalue weighted by molar-refractivity contribution is 7.18. The molecule has 1 amide bonds. The predicted molar refractivity (Wildman–Crippen MR) is 121 cm³/mol. The average Bonchev–Trinajstić information content (AvgIpc) is 3.01. The van der Waals surface area contributed by atoms with Crippen LogP contribution in [0.4, 0.5) is 5.82 Å². The number of piperazine rings is 1. The molecule has 1 aliphatic rings. The molecule has 1 fully saturated rings. The second kappa shape index (κ2) is 7.92. The van der Waals surface area contributed by atoms with E-state index in [4.69, 9.17) is 21.6 Å². The number of carbonyl (C=O) groups excluding carboxylic acids is 1. The molecule has 0 atom stereocenters. The molecule has 0 N–H and O–H groups in total. The van der Waals surface area contributed by atoms with Crippen molar-refractivity contribution in [1.82, 2.24) is 14.9 Å². The Balaban J connectivity index is 1.59. The van der Waals surface area contributed by atoms with Crippen LogP contribution in [-0.4, -0.2) is 47.0 Å². The summed E-state index contributed by atoms with van der Waals surface area (Å²) in [4.78, 5) is 29.1. The van der Waals surface area contributed by atoms with Gasteiger partial charge in [-0.15, -0.1) is 11.3 Å². The van der Waals surface area contributed by atoms with Gasteiger partial charge in [-0.1, -0.05) is 25.4 Å². The minimum Gasteiger partial charge on any atom is -0.352 e. The van der Waals surface area contributed by atoms with Gasteiger partial charge in [0.1, 0.15) is 16.5 Å². The van der Waals surface area contributed by atoms with Crippen molar-refractivity contribution in [2.75, 3.05) is 31.1 Å². The first-order chi connectivity index (χ1) is 13.8. The van der Waals surface area contributed by atoms with Crippen molar-refractivity contribution in [3.63, 3.8) is 0 Å². The van der Waals surface area contributed by atoms with Crippen molar-refractivity contribution >= 4 is 44.9 Å². The van der Waals surface area contributed by atoms with Crippen LogP contribution in [0.25, 0.3) is 10.2 Å². The van der Waals surface area contributed by atoms with E-state index in [1.807, 2.05) is 4.90 Å². The minimum atomic E-state index is 0.0552. The minimum absolute atomic E-state index is 0.0552. The highest BCUT2D eigenvalue weighted by atomic mass is 35.5. The number of nitrogens with zero attached hydrogens (tertiary/aromatic N) is 4. The van der Waals surface area contributed by atoms with Crippen LogP contribution in [0.5, 0.6) is 0 Å². The maximum absolute atomic E-state index is 12.8. The molecule has 3 aromatic rings. The molecule has 7 heteroatoms. The molecule has 0 radical (unpaired) electrons. The lowest BCUT2D eigenvalue weighted by molar-refractivity contribution is 0.0746. The Hall–Kier alpha value is -2.18. The molecule has 0 unspecified atom stereocenters. The van der Waals surface area contributed by atoms with Crippen LogP contribution in [0.3, 0.4) is 0 Å². The van der Waals surface area contributed by atoms with Gasteiger partial charge < -0.3 is 9.80 Å². The summed E-state index contributed by atoms with van der Waals surface area (Å²) in [5.41, 5.74) is 1.94. The first kappa shape index (κ1) is 20.1. The zero-order chi connectivity index (χ0) is 20.7. The zero-order valence-electron chi connectivity index (χ0n) is 17.2. The van der Waals surface area contributed by atoms with E-state index in [1.165, 1.54) is 10.4 Å². The summed E-state index contributed by atoms with van der Waals surface area (Å²) in [7, 11) is 0. The Morgan fingerprint density at radius 2 is 1.72 bits per heavy atom. The Kier molecular flexibility index (Phi) is 5.49. The summed E-state index contributed by atoms with van der Waals surface area (Å²) in [6.45, 7) is 11.4. The fourth-order valence-corrected chi connectivity index (χ4v) is 4.78. The van der Waals surface area contributed by atoms with E-state index in [0.29, 0.717) is 23.7 Å². The lowest BCUT2D eigenvalue weighted by atomic mass is 10.1. The SMILES string of the molecule is Cc1sc2nc(C(C)C)nc(N3CCN(C(=O)c4ccc(Cl)cc4)CC3)c2c1C. The van der Waals surface area contributed by atoms with Crippen LogP contribution in [0.15, 0.2) is 24.3 Å². The highest BCUT2D eigenvalue weighted by Gasteiger charge is 2.26. The highest BCUT2D eigenvalue weighted by Crippen LogP contribution is 2.36. The third kappa shape index (κ3) is 3.83. The summed E-state index contributed by atoms with van der Waals surface area (Å²) < 4.78 is 0. The molecule has 1 aliphatic heterocycles. The fraction of sp³-hybridized carbons (Fsp3) is 0.409. The number of aromatic nitrogens is 2. The number of halogens is 1. The number of anilines is 1. The number of fused-ring (bicyclic) bond motifs is 1. The smallest absolute Gasteiger partial charge is 0.253 e. The Morgan fingerprint density at radius 3 is 2.34 bits per heavy atom. The van der Waals surface area contributed by atoms with Crippen molar-refractivity contribution in [2.45, 2.75) is 33.6 Å². The van der Waals surface area contributed by atoms with Gasteiger partial charge in [0.05, 0.1) is 5.39 Å². The van der Waals surface area contributed by atoms with Crippen LogP contribution >= 0.6 is 22.9 Å². The van der Waals surface area contributed by atoms with Gasteiger partial charge in [0.2, 0.25) is 0 Å².